The van der Waals surface area contributed by atoms with Crippen molar-refractivity contribution in [1.29, 1.82) is 0 Å². The highest BCUT2D eigenvalue weighted by Crippen LogP contribution is 2.37. The minimum absolute atomic E-state index is 0.313. The number of hydrogen-bond donors (Lipinski definition) is 1. The minimum Gasteiger partial charge on any atom is -0.399 e. The number of aromatic nitrogens is 1. The second kappa shape index (κ2) is 5.53. The third-order valence-corrected chi connectivity index (χ3v) is 5.62. The topological polar surface area (TPSA) is 34.2 Å². The minimum atomic E-state index is -0.320. The molecule has 1 saturated heterocycles. The van der Waals surface area contributed by atoms with Gasteiger partial charge in [-0.3, -0.25) is 0 Å². The van der Waals surface area contributed by atoms with Crippen LogP contribution in [0, 0.1) is 6.92 Å². The molecule has 1 aliphatic heterocycles. The van der Waals surface area contributed by atoms with Crippen molar-refractivity contribution in [3.63, 3.8) is 0 Å². The van der Waals surface area contributed by atoms with E-state index in [0.717, 1.165) is 21.8 Å². The monoisotopic (exact) mass is 411 g/mol. The molecule has 0 unspecified atom stereocenters. The van der Waals surface area contributed by atoms with Crippen LogP contribution in [0.5, 0.6) is 0 Å². The molecule has 0 bridgehead atoms. The summed E-state index contributed by atoms with van der Waals surface area (Å²) in [4.78, 5) is 3.60. The second-order valence-electron chi connectivity index (χ2n) is 7.03. The van der Waals surface area contributed by atoms with E-state index in [-0.39, 0.29) is 18.3 Å². The molecule has 22 heavy (non-hydrogen) atoms. The van der Waals surface area contributed by atoms with Crippen LogP contribution in [-0.4, -0.2) is 27.7 Å². The van der Waals surface area contributed by atoms with Crippen molar-refractivity contribution in [1.82, 2.24) is 4.98 Å². The molecule has 0 saturated carbocycles. The van der Waals surface area contributed by atoms with Gasteiger partial charge < -0.3 is 14.3 Å². The van der Waals surface area contributed by atoms with Crippen LogP contribution in [0.4, 0.5) is 0 Å². The standard InChI is InChI=1S/C17H23BINO2/c1-11-12-7-6-8-13(15(12)20-14(11)9-10-19)18-21-16(2,3)17(4,5)22-18/h6-8,20H,9-10H2,1-5H3. The number of aromatic amines is 1. The Labute approximate surface area is 146 Å². The van der Waals surface area contributed by atoms with E-state index < -0.39 is 0 Å². The van der Waals surface area contributed by atoms with E-state index in [1.807, 2.05) is 0 Å². The maximum atomic E-state index is 6.22. The first-order chi connectivity index (χ1) is 10.3. The summed E-state index contributed by atoms with van der Waals surface area (Å²) < 4.78 is 13.6. The zero-order valence-corrected chi connectivity index (χ0v) is 16.1. The van der Waals surface area contributed by atoms with Gasteiger partial charge in [0, 0.05) is 26.5 Å². The smallest absolute Gasteiger partial charge is 0.399 e. The maximum absolute atomic E-state index is 6.22. The van der Waals surface area contributed by atoms with Crippen LogP contribution in [-0.2, 0) is 15.7 Å². The van der Waals surface area contributed by atoms with Crippen molar-refractivity contribution in [2.45, 2.75) is 52.2 Å². The number of aryl methyl sites for hydroxylation is 2. The van der Waals surface area contributed by atoms with Crippen molar-refractivity contribution in [3.05, 3.63) is 29.5 Å². The van der Waals surface area contributed by atoms with Crippen LogP contribution in [0.2, 0.25) is 0 Å². The molecule has 118 valence electrons. The maximum Gasteiger partial charge on any atom is 0.497 e. The number of nitrogens with one attached hydrogen (secondary N) is 1. The van der Waals surface area contributed by atoms with Crippen LogP contribution < -0.4 is 5.46 Å². The Kier molecular flexibility index (Phi) is 4.11. The van der Waals surface area contributed by atoms with Crippen LogP contribution in [0.1, 0.15) is 39.0 Å². The number of H-pyrrole nitrogens is 1. The van der Waals surface area contributed by atoms with Gasteiger partial charge in [-0.15, -0.1) is 0 Å². The van der Waals surface area contributed by atoms with E-state index in [2.05, 4.69) is 80.4 Å². The second-order valence-corrected chi connectivity index (χ2v) is 8.10. The van der Waals surface area contributed by atoms with Gasteiger partial charge in [0.2, 0.25) is 0 Å². The number of fused-ring (bicyclic) bond motifs is 1. The van der Waals surface area contributed by atoms with Crippen LogP contribution in [0.15, 0.2) is 18.2 Å². The molecule has 1 aromatic heterocycles. The number of benzene rings is 1. The van der Waals surface area contributed by atoms with E-state index in [4.69, 9.17) is 9.31 Å². The van der Waals surface area contributed by atoms with E-state index in [9.17, 15) is 0 Å². The van der Waals surface area contributed by atoms with Crippen molar-refractivity contribution >= 4 is 46.1 Å². The number of halogens is 1. The first-order valence-electron chi connectivity index (χ1n) is 7.78. The fourth-order valence-electron chi connectivity index (χ4n) is 2.94. The largest absolute Gasteiger partial charge is 0.497 e. The van der Waals surface area contributed by atoms with Crippen molar-refractivity contribution in [2.24, 2.45) is 0 Å². The molecule has 1 aliphatic rings. The summed E-state index contributed by atoms with van der Waals surface area (Å²) in [5.41, 5.74) is 4.27. The number of rotatable bonds is 3. The molecule has 1 fully saturated rings. The van der Waals surface area contributed by atoms with Crippen LogP contribution in [0.3, 0.4) is 0 Å². The molecule has 0 atom stereocenters. The van der Waals surface area contributed by atoms with Crippen LogP contribution >= 0.6 is 22.6 Å². The van der Waals surface area contributed by atoms with Gasteiger partial charge in [0.25, 0.3) is 0 Å². The quantitative estimate of drug-likeness (QED) is 0.475. The van der Waals surface area contributed by atoms with Gasteiger partial charge in [0.05, 0.1) is 11.2 Å². The van der Waals surface area contributed by atoms with Gasteiger partial charge in [0.15, 0.2) is 0 Å². The Bertz CT molecular complexity index is 692. The van der Waals surface area contributed by atoms with Gasteiger partial charge in [-0.1, -0.05) is 40.8 Å². The molecular weight excluding hydrogens is 388 g/mol. The van der Waals surface area contributed by atoms with E-state index >= 15 is 0 Å². The highest BCUT2D eigenvalue weighted by molar-refractivity contribution is 14.1. The zero-order chi connectivity index (χ0) is 16.1. The van der Waals surface area contributed by atoms with E-state index in [1.165, 1.54) is 16.6 Å². The van der Waals surface area contributed by atoms with Gasteiger partial charge >= 0.3 is 7.12 Å². The number of para-hydroxylation sites is 1. The van der Waals surface area contributed by atoms with Gasteiger partial charge in [-0.25, -0.2) is 0 Å². The average molecular weight is 411 g/mol. The summed E-state index contributed by atoms with van der Waals surface area (Å²) in [6.07, 6.45) is 1.06. The summed E-state index contributed by atoms with van der Waals surface area (Å²) >= 11 is 2.42. The molecule has 5 heteroatoms. The predicted octanol–water partition coefficient (Wildman–Crippen LogP) is 3.75. The molecule has 0 amide bonds. The zero-order valence-electron chi connectivity index (χ0n) is 13.9. The first kappa shape index (κ1) is 16.3. The Hall–Kier alpha value is -0.525. The predicted molar refractivity (Wildman–Crippen MR) is 101 cm³/mol. The lowest BCUT2D eigenvalue weighted by Crippen LogP contribution is -2.41. The normalized spacial score (nSPS) is 20.0. The average Bonchev–Trinajstić information content (AvgIpc) is 2.85. The Balaban J connectivity index is 2.07. The molecule has 0 aliphatic carbocycles. The molecule has 0 radical (unpaired) electrons. The fraction of sp³-hybridized carbons (Fsp3) is 0.529. The van der Waals surface area contributed by atoms with Crippen molar-refractivity contribution < 1.29 is 9.31 Å². The summed E-state index contributed by atoms with van der Waals surface area (Å²) in [6.45, 7) is 10.6. The van der Waals surface area contributed by atoms with E-state index in [0.29, 0.717) is 0 Å². The lowest BCUT2D eigenvalue weighted by atomic mass is 9.78. The molecule has 3 nitrogen and oxygen atoms in total. The van der Waals surface area contributed by atoms with Gasteiger partial charge in [-0.2, -0.15) is 0 Å². The summed E-state index contributed by atoms with van der Waals surface area (Å²) in [5.74, 6) is 0. The van der Waals surface area contributed by atoms with Crippen molar-refractivity contribution in [3.8, 4) is 0 Å². The Morgan fingerprint density at radius 1 is 1.14 bits per heavy atom. The first-order valence-corrected chi connectivity index (χ1v) is 9.31. The summed E-state index contributed by atoms with van der Waals surface area (Å²) in [6, 6.07) is 6.37. The molecular formula is C17H23BINO2. The number of hydrogen-bond acceptors (Lipinski definition) is 2. The summed E-state index contributed by atoms with van der Waals surface area (Å²) in [7, 11) is -0.320. The van der Waals surface area contributed by atoms with E-state index in [1.54, 1.807) is 0 Å². The molecule has 2 heterocycles. The summed E-state index contributed by atoms with van der Waals surface area (Å²) in [5, 5.41) is 1.27. The molecule has 1 aromatic carbocycles. The number of alkyl halides is 1. The Morgan fingerprint density at radius 3 is 2.36 bits per heavy atom. The third-order valence-electron chi connectivity index (χ3n) is 5.08. The molecule has 2 aromatic rings. The SMILES string of the molecule is Cc1c(CCI)[nH]c2c(B3OC(C)(C)C(C)(C)O3)cccc12. The van der Waals surface area contributed by atoms with Gasteiger partial charge in [0.1, 0.15) is 0 Å². The van der Waals surface area contributed by atoms with Crippen LogP contribution in [0.25, 0.3) is 10.9 Å². The molecule has 0 spiro atoms. The Morgan fingerprint density at radius 2 is 1.77 bits per heavy atom. The molecule has 3 rings (SSSR count). The van der Waals surface area contributed by atoms with Crippen molar-refractivity contribution in [2.75, 3.05) is 4.43 Å². The lowest BCUT2D eigenvalue weighted by Gasteiger charge is -2.32. The third kappa shape index (κ3) is 2.51. The fourth-order valence-corrected chi connectivity index (χ4v) is 3.48. The molecule has 1 N–H and O–H groups in total. The highest BCUT2D eigenvalue weighted by atomic mass is 127. The lowest BCUT2D eigenvalue weighted by molar-refractivity contribution is 0.00578. The highest BCUT2D eigenvalue weighted by Gasteiger charge is 2.52. The van der Waals surface area contributed by atoms with Gasteiger partial charge in [-0.05, 0) is 46.6 Å².